The minimum Gasteiger partial charge on any atom is -0.497 e. The molecule has 0 radical (unpaired) electrons. The zero-order valence-electron chi connectivity index (χ0n) is 14.7. The van der Waals surface area contributed by atoms with Crippen molar-refractivity contribution in [2.75, 3.05) is 18.3 Å². The fourth-order valence-electron chi connectivity index (χ4n) is 2.31. The van der Waals surface area contributed by atoms with Gasteiger partial charge in [-0.05, 0) is 43.3 Å². The Balaban J connectivity index is 1.68. The van der Waals surface area contributed by atoms with Crippen LogP contribution in [0.5, 0.6) is 5.75 Å². The van der Waals surface area contributed by atoms with Crippen LogP contribution in [0.3, 0.4) is 0 Å². The van der Waals surface area contributed by atoms with Gasteiger partial charge in [0.15, 0.2) is 5.82 Å². The molecule has 1 aromatic heterocycles. The molecule has 1 amide bonds. The number of nitrogen functional groups attached to an aromatic ring is 1. The van der Waals surface area contributed by atoms with Gasteiger partial charge in [0.2, 0.25) is 11.1 Å². The molecule has 7 nitrogen and oxygen atoms in total. The van der Waals surface area contributed by atoms with Gasteiger partial charge in [-0.25, -0.2) is 4.68 Å². The number of nitrogens with zero attached hydrogens (tertiary/aromatic N) is 3. The van der Waals surface area contributed by atoms with Crippen LogP contribution in [0, 0.1) is 0 Å². The van der Waals surface area contributed by atoms with Gasteiger partial charge in [-0.1, -0.05) is 35.5 Å². The molecule has 0 aliphatic rings. The van der Waals surface area contributed by atoms with E-state index in [-0.39, 0.29) is 5.91 Å². The van der Waals surface area contributed by atoms with Crippen LogP contribution >= 0.6 is 23.4 Å². The largest absolute Gasteiger partial charge is 0.497 e. The highest BCUT2D eigenvalue weighted by atomic mass is 35.5. The molecule has 140 valence electrons. The van der Waals surface area contributed by atoms with Crippen molar-refractivity contribution < 1.29 is 9.53 Å². The highest BCUT2D eigenvalue weighted by Gasteiger charge is 2.20. The SMILES string of the molecule is COc1ccc(NC(=O)[C@@H](C)Sc2nnc(-c3cccc(Cl)c3)n2N)cc1. The van der Waals surface area contributed by atoms with Crippen LogP contribution in [-0.4, -0.2) is 33.1 Å². The molecule has 27 heavy (non-hydrogen) atoms. The molecule has 0 fully saturated rings. The van der Waals surface area contributed by atoms with E-state index in [0.29, 0.717) is 21.7 Å². The van der Waals surface area contributed by atoms with Gasteiger partial charge < -0.3 is 15.9 Å². The Kier molecular flexibility index (Phi) is 5.88. The number of thioether (sulfide) groups is 1. The number of carbonyl (C=O) groups is 1. The van der Waals surface area contributed by atoms with Crippen molar-refractivity contribution >= 4 is 35.0 Å². The van der Waals surface area contributed by atoms with Crippen LogP contribution in [0.1, 0.15) is 6.92 Å². The summed E-state index contributed by atoms with van der Waals surface area (Å²) < 4.78 is 6.46. The highest BCUT2D eigenvalue weighted by molar-refractivity contribution is 8.00. The molecule has 1 atom stereocenters. The molecule has 3 aromatic rings. The number of hydrogen-bond acceptors (Lipinski definition) is 6. The van der Waals surface area contributed by atoms with Crippen molar-refractivity contribution in [1.29, 1.82) is 0 Å². The van der Waals surface area contributed by atoms with Gasteiger partial charge in [0.05, 0.1) is 12.4 Å². The van der Waals surface area contributed by atoms with E-state index < -0.39 is 5.25 Å². The summed E-state index contributed by atoms with van der Waals surface area (Å²) in [4.78, 5) is 12.4. The molecule has 3 rings (SSSR count). The molecule has 0 unspecified atom stereocenters. The molecule has 0 spiro atoms. The van der Waals surface area contributed by atoms with Crippen molar-refractivity contribution in [3.63, 3.8) is 0 Å². The maximum atomic E-state index is 12.4. The minimum absolute atomic E-state index is 0.169. The summed E-state index contributed by atoms with van der Waals surface area (Å²) in [6.45, 7) is 1.78. The Morgan fingerprint density at radius 1 is 1.26 bits per heavy atom. The lowest BCUT2D eigenvalue weighted by Gasteiger charge is -2.12. The lowest BCUT2D eigenvalue weighted by Crippen LogP contribution is -2.23. The number of aromatic nitrogens is 3. The first-order valence-corrected chi connectivity index (χ1v) is 9.31. The summed E-state index contributed by atoms with van der Waals surface area (Å²) in [7, 11) is 1.59. The van der Waals surface area contributed by atoms with Crippen molar-refractivity contribution in [3.05, 3.63) is 53.6 Å². The van der Waals surface area contributed by atoms with Gasteiger partial charge in [0, 0.05) is 16.3 Å². The second-order valence-corrected chi connectivity index (χ2v) is 7.41. The lowest BCUT2D eigenvalue weighted by atomic mass is 10.2. The molecule has 0 bridgehead atoms. The van der Waals surface area contributed by atoms with Crippen molar-refractivity contribution in [2.24, 2.45) is 0 Å². The zero-order chi connectivity index (χ0) is 19.4. The van der Waals surface area contributed by atoms with E-state index in [1.807, 2.05) is 12.1 Å². The van der Waals surface area contributed by atoms with Crippen molar-refractivity contribution in [3.8, 4) is 17.1 Å². The number of rotatable bonds is 6. The van der Waals surface area contributed by atoms with E-state index in [0.717, 1.165) is 11.3 Å². The van der Waals surface area contributed by atoms with Gasteiger partial charge >= 0.3 is 0 Å². The molecule has 9 heteroatoms. The van der Waals surface area contributed by atoms with Crippen LogP contribution in [0.2, 0.25) is 5.02 Å². The first-order valence-electron chi connectivity index (χ1n) is 8.06. The van der Waals surface area contributed by atoms with Gasteiger partial charge in [-0.2, -0.15) is 0 Å². The molecular formula is C18H18ClN5O2S. The monoisotopic (exact) mass is 403 g/mol. The molecule has 0 saturated carbocycles. The number of methoxy groups -OCH3 is 1. The van der Waals surface area contributed by atoms with Crippen molar-refractivity contribution in [2.45, 2.75) is 17.3 Å². The second kappa shape index (κ2) is 8.32. The van der Waals surface area contributed by atoms with Gasteiger partial charge in [0.1, 0.15) is 5.75 Å². The van der Waals surface area contributed by atoms with Crippen LogP contribution in [0.15, 0.2) is 53.7 Å². The number of nitrogens with two attached hydrogens (primary N) is 1. The Bertz CT molecular complexity index is 945. The number of halogens is 1. The summed E-state index contributed by atoms with van der Waals surface area (Å²) in [6.07, 6.45) is 0. The average molecular weight is 404 g/mol. The molecule has 3 N–H and O–H groups in total. The second-order valence-electron chi connectivity index (χ2n) is 5.66. The lowest BCUT2D eigenvalue weighted by molar-refractivity contribution is -0.115. The van der Waals surface area contributed by atoms with Crippen molar-refractivity contribution in [1.82, 2.24) is 14.9 Å². The van der Waals surface area contributed by atoms with Crippen LogP contribution in [-0.2, 0) is 4.79 Å². The van der Waals surface area contributed by atoms with Crippen LogP contribution in [0.25, 0.3) is 11.4 Å². The summed E-state index contributed by atoms with van der Waals surface area (Å²) in [5.74, 6) is 7.13. The Hall–Kier alpha value is -2.71. The van der Waals surface area contributed by atoms with E-state index in [1.54, 1.807) is 50.4 Å². The Labute approximate surface area is 165 Å². The predicted molar refractivity (Wildman–Crippen MR) is 108 cm³/mol. The summed E-state index contributed by atoms with van der Waals surface area (Å²) >= 11 is 7.23. The molecule has 0 aliphatic heterocycles. The quantitative estimate of drug-likeness (QED) is 0.483. The normalized spacial score (nSPS) is 11.8. The molecule has 0 aliphatic carbocycles. The summed E-state index contributed by atoms with van der Waals surface area (Å²) in [5.41, 5.74) is 1.43. The zero-order valence-corrected chi connectivity index (χ0v) is 16.3. The van der Waals surface area contributed by atoms with Gasteiger partial charge in [-0.3, -0.25) is 4.79 Å². The van der Waals surface area contributed by atoms with Crippen LogP contribution in [0.4, 0.5) is 5.69 Å². The minimum atomic E-state index is -0.425. The van der Waals surface area contributed by atoms with E-state index >= 15 is 0 Å². The Morgan fingerprint density at radius 2 is 2.00 bits per heavy atom. The molecular weight excluding hydrogens is 386 g/mol. The highest BCUT2D eigenvalue weighted by Crippen LogP contribution is 2.26. The number of benzene rings is 2. The standard InChI is InChI=1S/C18H18ClN5O2S/c1-11(17(25)21-14-6-8-15(26-2)9-7-14)27-18-23-22-16(24(18)20)12-4-3-5-13(19)10-12/h3-11H,20H2,1-2H3,(H,21,25)/t11-/m1/s1. The summed E-state index contributed by atoms with van der Waals surface area (Å²) in [5, 5.41) is 11.6. The first kappa shape index (κ1) is 19.1. The first-order chi connectivity index (χ1) is 13.0. The third-order valence-corrected chi connectivity index (χ3v) is 5.05. The van der Waals surface area contributed by atoms with Gasteiger partial charge in [0.25, 0.3) is 0 Å². The summed E-state index contributed by atoms with van der Waals surface area (Å²) in [6, 6.07) is 14.3. The molecule has 1 heterocycles. The van der Waals surface area contributed by atoms with E-state index in [1.165, 1.54) is 16.4 Å². The molecule has 2 aromatic carbocycles. The topological polar surface area (TPSA) is 95.1 Å². The number of amides is 1. The third-order valence-electron chi connectivity index (χ3n) is 3.76. The maximum Gasteiger partial charge on any atom is 0.237 e. The average Bonchev–Trinajstić information content (AvgIpc) is 3.02. The van der Waals surface area contributed by atoms with E-state index in [2.05, 4.69) is 15.5 Å². The number of hydrogen-bond donors (Lipinski definition) is 2. The number of nitrogens with one attached hydrogen (secondary N) is 1. The number of carbonyl (C=O) groups excluding carboxylic acids is 1. The van der Waals surface area contributed by atoms with E-state index in [4.69, 9.17) is 22.2 Å². The number of anilines is 1. The smallest absolute Gasteiger partial charge is 0.237 e. The fourth-order valence-corrected chi connectivity index (χ4v) is 3.27. The van der Waals surface area contributed by atoms with Gasteiger partial charge in [-0.15, -0.1) is 10.2 Å². The van der Waals surface area contributed by atoms with E-state index in [9.17, 15) is 4.79 Å². The third kappa shape index (κ3) is 4.53. The number of ether oxygens (including phenoxy) is 1. The van der Waals surface area contributed by atoms with Crippen LogP contribution < -0.4 is 15.9 Å². The molecule has 0 saturated heterocycles. The fraction of sp³-hybridized carbons (Fsp3) is 0.167. The maximum absolute atomic E-state index is 12.4. The Morgan fingerprint density at radius 3 is 2.67 bits per heavy atom. The predicted octanol–water partition coefficient (Wildman–Crippen LogP) is 3.44.